The van der Waals surface area contributed by atoms with E-state index in [0.717, 1.165) is 15.8 Å². The van der Waals surface area contributed by atoms with Crippen LogP contribution < -0.4 is 5.73 Å². The molecule has 0 unspecified atom stereocenters. The van der Waals surface area contributed by atoms with E-state index in [1.807, 2.05) is 6.92 Å². The van der Waals surface area contributed by atoms with Gasteiger partial charge in [-0.1, -0.05) is 0 Å². The molecule has 72 valence electrons. The van der Waals surface area contributed by atoms with Crippen molar-refractivity contribution in [1.29, 1.82) is 0 Å². The number of anilines is 1. The third-order valence-electron chi connectivity index (χ3n) is 2.02. The number of carboxylic acids is 1. The second-order valence-corrected chi connectivity index (χ2v) is 3.82. The Kier molecular flexibility index (Phi) is 1.89. The summed E-state index contributed by atoms with van der Waals surface area (Å²) in [6.07, 6.45) is 0. The molecule has 4 nitrogen and oxygen atoms in total. The van der Waals surface area contributed by atoms with Gasteiger partial charge in [-0.25, -0.2) is 4.79 Å². The van der Waals surface area contributed by atoms with E-state index in [1.165, 1.54) is 17.6 Å². The lowest BCUT2D eigenvalue weighted by Crippen LogP contribution is -1.98. The fourth-order valence-corrected chi connectivity index (χ4v) is 2.25. The lowest BCUT2D eigenvalue weighted by Gasteiger charge is -1.99. The number of nitrogen functional groups attached to an aromatic ring is 1. The molecular formula is C9H8N2O2S. The van der Waals surface area contributed by atoms with Gasteiger partial charge in [0, 0.05) is 11.1 Å². The summed E-state index contributed by atoms with van der Waals surface area (Å²) in [7, 11) is 0. The average molecular weight is 208 g/mol. The van der Waals surface area contributed by atoms with Gasteiger partial charge in [0.1, 0.15) is 0 Å². The van der Waals surface area contributed by atoms with Gasteiger partial charge in [0.05, 0.1) is 16.0 Å². The predicted octanol–water partition coefficient (Wildman–Crippen LogP) is 1.89. The highest BCUT2D eigenvalue weighted by molar-refractivity contribution is 7.13. The summed E-state index contributed by atoms with van der Waals surface area (Å²) in [5.74, 6) is -0.968. The van der Waals surface area contributed by atoms with Gasteiger partial charge < -0.3 is 10.8 Å². The molecule has 1 heterocycles. The van der Waals surface area contributed by atoms with E-state index in [-0.39, 0.29) is 5.56 Å². The lowest BCUT2D eigenvalue weighted by molar-refractivity contribution is 0.0697. The third-order valence-corrected chi connectivity index (χ3v) is 2.91. The summed E-state index contributed by atoms with van der Waals surface area (Å²) in [5, 5.41) is 9.67. The summed E-state index contributed by atoms with van der Waals surface area (Å²) in [6, 6.07) is 3.06. The Bertz CT molecular complexity index is 519. The molecule has 0 aliphatic heterocycles. The monoisotopic (exact) mass is 208 g/mol. The van der Waals surface area contributed by atoms with Gasteiger partial charge in [-0.05, 0) is 30.6 Å². The molecule has 1 aromatic heterocycles. The van der Waals surface area contributed by atoms with Crippen LogP contribution >= 0.6 is 11.5 Å². The predicted molar refractivity (Wildman–Crippen MR) is 55.7 cm³/mol. The second kappa shape index (κ2) is 2.95. The topological polar surface area (TPSA) is 76.2 Å². The fourth-order valence-electron chi connectivity index (χ4n) is 1.38. The average Bonchev–Trinajstić information content (AvgIpc) is 2.48. The number of nitrogens with zero attached hydrogens (tertiary/aromatic N) is 1. The lowest BCUT2D eigenvalue weighted by atomic mass is 10.1. The summed E-state index contributed by atoms with van der Waals surface area (Å²) < 4.78 is 4.95. The molecule has 1 aromatic carbocycles. The molecule has 0 saturated heterocycles. The molecule has 0 fully saturated rings. The molecule has 0 amide bonds. The third kappa shape index (κ3) is 1.22. The molecule has 0 aliphatic carbocycles. The molecule has 0 aliphatic rings. The van der Waals surface area contributed by atoms with Gasteiger partial charge in [-0.15, -0.1) is 0 Å². The van der Waals surface area contributed by atoms with E-state index in [1.54, 1.807) is 6.07 Å². The fraction of sp³-hybridized carbons (Fsp3) is 0.111. The highest BCUT2D eigenvalue weighted by Crippen LogP contribution is 2.29. The summed E-state index contributed by atoms with van der Waals surface area (Å²) in [4.78, 5) is 10.7. The highest BCUT2D eigenvalue weighted by Gasteiger charge is 2.10. The van der Waals surface area contributed by atoms with Gasteiger partial charge in [-0.2, -0.15) is 4.37 Å². The number of carboxylic acid groups (broad SMARTS) is 1. The van der Waals surface area contributed by atoms with Crippen LogP contribution in [0.25, 0.3) is 10.1 Å². The Morgan fingerprint density at radius 3 is 2.93 bits per heavy atom. The first-order valence-electron chi connectivity index (χ1n) is 3.98. The van der Waals surface area contributed by atoms with E-state index in [0.29, 0.717) is 5.69 Å². The first-order valence-corrected chi connectivity index (χ1v) is 4.75. The van der Waals surface area contributed by atoms with E-state index >= 15 is 0 Å². The van der Waals surface area contributed by atoms with Crippen LogP contribution in [0.15, 0.2) is 12.1 Å². The van der Waals surface area contributed by atoms with Gasteiger partial charge >= 0.3 is 5.97 Å². The Labute approximate surface area is 84.1 Å². The second-order valence-electron chi connectivity index (χ2n) is 3.01. The first-order chi connectivity index (χ1) is 6.59. The molecule has 0 saturated carbocycles. The minimum atomic E-state index is -0.968. The van der Waals surface area contributed by atoms with Crippen molar-refractivity contribution in [1.82, 2.24) is 4.37 Å². The number of aryl methyl sites for hydroxylation is 1. The molecule has 5 heteroatoms. The van der Waals surface area contributed by atoms with Crippen molar-refractivity contribution in [2.75, 3.05) is 5.73 Å². The Hall–Kier alpha value is -1.62. The highest BCUT2D eigenvalue weighted by atomic mass is 32.1. The van der Waals surface area contributed by atoms with Crippen molar-refractivity contribution in [3.63, 3.8) is 0 Å². The largest absolute Gasteiger partial charge is 0.478 e. The smallest absolute Gasteiger partial charge is 0.335 e. The van der Waals surface area contributed by atoms with Gasteiger partial charge in [-0.3, -0.25) is 0 Å². The quantitative estimate of drug-likeness (QED) is 0.701. The minimum absolute atomic E-state index is 0.207. The van der Waals surface area contributed by atoms with E-state index < -0.39 is 5.97 Å². The van der Waals surface area contributed by atoms with Gasteiger partial charge in [0.25, 0.3) is 0 Å². The van der Waals surface area contributed by atoms with E-state index in [4.69, 9.17) is 10.8 Å². The Morgan fingerprint density at radius 2 is 2.29 bits per heavy atom. The number of nitrogens with two attached hydrogens (primary N) is 1. The molecular weight excluding hydrogens is 200 g/mol. The van der Waals surface area contributed by atoms with Crippen molar-refractivity contribution in [3.05, 3.63) is 23.4 Å². The van der Waals surface area contributed by atoms with Crippen molar-refractivity contribution in [3.8, 4) is 0 Å². The van der Waals surface area contributed by atoms with Crippen LogP contribution in [0.4, 0.5) is 5.69 Å². The molecule has 0 atom stereocenters. The van der Waals surface area contributed by atoms with Crippen LogP contribution in [0.2, 0.25) is 0 Å². The van der Waals surface area contributed by atoms with Crippen molar-refractivity contribution < 1.29 is 9.90 Å². The van der Waals surface area contributed by atoms with Gasteiger partial charge in [0.2, 0.25) is 0 Å². The summed E-state index contributed by atoms with van der Waals surface area (Å²) in [5.41, 5.74) is 7.28. The number of rotatable bonds is 1. The number of aromatic nitrogens is 1. The van der Waals surface area contributed by atoms with Crippen molar-refractivity contribution in [2.45, 2.75) is 6.92 Å². The van der Waals surface area contributed by atoms with Crippen LogP contribution in [0.5, 0.6) is 0 Å². The molecule has 0 bridgehead atoms. The number of fused-ring (bicyclic) bond motifs is 1. The SMILES string of the molecule is Cc1nsc2cc(C(=O)O)cc(N)c12. The number of hydrogen-bond acceptors (Lipinski definition) is 4. The number of benzene rings is 1. The minimum Gasteiger partial charge on any atom is -0.478 e. The van der Waals surface area contributed by atoms with Crippen LogP contribution in [-0.2, 0) is 0 Å². The summed E-state index contributed by atoms with van der Waals surface area (Å²) >= 11 is 1.27. The first kappa shape index (κ1) is 8.96. The Morgan fingerprint density at radius 1 is 1.57 bits per heavy atom. The van der Waals surface area contributed by atoms with Crippen molar-refractivity contribution >= 4 is 33.3 Å². The van der Waals surface area contributed by atoms with Crippen LogP contribution in [0.1, 0.15) is 16.1 Å². The van der Waals surface area contributed by atoms with Crippen LogP contribution in [0.3, 0.4) is 0 Å². The maximum absolute atomic E-state index is 10.7. The molecule has 0 spiro atoms. The molecule has 2 rings (SSSR count). The van der Waals surface area contributed by atoms with Crippen molar-refractivity contribution in [2.24, 2.45) is 0 Å². The Balaban J connectivity index is 2.80. The summed E-state index contributed by atoms with van der Waals surface area (Å²) in [6.45, 7) is 1.86. The number of hydrogen-bond donors (Lipinski definition) is 2. The number of carbonyl (C=O) groups is 1. The zero-order valence-corrected chi connectivity index (χ0v) is 8.26. The molecule has 0 radical (unpaired) electrons. The van der Waals surface area contributed by atoms with Gasteiger partial charge in [0.15, 0.2) is 0 Å². The molecule has 2 aromatic rings. The van der Waals surface area contributed by atoms with E-state index in [9.17, 15) is 4.79 Å². The zero-order valence-electron chi connectivity index (χ0n) is 7.44. The van der Waals surface area contributed by atoms with Crippen LogP contribution in [0, 0.1) is 6.92 Å². The van der Waals surface area contributed by atoms with Crippen LogP contribution in [-0.4, -0.2) is 15.4 Å². The zero-order chi connectivity index (χ0) is 10.3. The molecule has 3 N–H and O–H groups in total. The number of aromatic carboxylic acids is 1. The maximum Gasteiger partial charge on any atom is 0.335 e. The van der Waals surface area contributed by atoms with E-state index in [2.05, 4.69) is 4.37 Å². The molecule has 14 heavy (non-hydrogen) atoms. The normalized spacial score (nSPS) is 10.6. The standard InChI is InChI=1S/C9H8N2O2S/c1-4-8-6(10)2-5(9(12)13)3-7(8)14-11-4/h2-3H,10H2,1H3,(H,12,13). The maximum atomic E-state index is 10.7.